The number of rotatable bonds is 4. The molecule has 3 aliphatic rings. The standard InChI is InChI=1S/C30H22ClNO4/c1-36-30(35)22-16-19(12-15-23(22)31)32-28(33)26-20-13-14-21(27(26)29(32)34)25(20)24(17-8-4-2-5-9-17)18-10-6-3-7-11-18/h2-16,20-21,26-27H,1H3/t20-,21-,26-,27+/m0/s1. The highest BCUT2D eigenvalue weighted by molar-refractivity contribution is 6.34. The second-order valence-corrected chi connectivity index (χ2v) is 9.63. The fourth-order valence-electron chi connectivity index (χ4n) is 5.98. The third-order valence-corrected chi connectivity index (χ3v) is 7.77. The molecule has 1 heterocycles. The van der Waals surface area contributed by atoms with E-state index >= 15 is 0 Å². The molecule has 4 atom stereocenters. The highest BCUT2D eigenvalue weighted by Crippen LogP contribution is 2.58. The van der Waals surface area contributed by atoms with Crippen LogP contribution in [0.25, 0.3) is 5.57 Å². The Morgan fingerprint density at radius 3 is 1.83 bits per heavy atom. The number of carbonyl (C=O) groups is 3. The molecule has 36 heavy (non-hydrogen) atoms. The van der Waals surface area contributed by atoms with E-state index in [1.807, 2.05) is 36.4 Å². The molecule has 2 bridgehead atoms. The van der Waals surface area contributed by atoms with E-state index in [0.29, 0.717) is 5.69 Å². The monoisotopic (exact) mass is 495 g/mol. The number of fused-ring (bicyclic) bond motifs is 5. The third kappa shape index (κ3) is 3.27. The molecule has 0 unspecified atom stereocenters. The van der Waals surface area contributed by atoms with Crippen LogP contribution >= 0.6 is 11.6 Å². The van der Waals surface area contributed by atoms with Crippen LogP contribution in [0.5, 0.6) is 0 Å². The summed E-state index contributed by atoms with van der Waals surface area (Å²) in [5.41, 5.74) is 4.78. The van der Waals surface area contributed by atoms with Crippen LogP contribution in [0.4, 0.5) is 5.69 Å². The quantitative estimate of drug-likeness (QED) is 0.270. The summed E-state index contributed by atoms with van der Waals surface area (Å²) < 4.78 is 4.80. The van der Waals surface area contributed by atoms with Gasteiger partial charge in [0.15, 0.2) is 0 Å². The van der Waals surface area contributed by atoms with Gasteiger partial charge in [-0.2, -0.15) is 0 Å². The molecule has 1 saturated carbocycles. The van der Waals surface area contributed by atoms with Gasteiger partial charge in [-0.25, -0.2) is 9.69 Å². The average Bonchev–Trinajstić information content (AvgIpc) is 3.54. The normalized spacial score (nSPS) is 23.8. The van der Waals surface area contributed by atoms with Crippen molar-refractivity contribution in [2.45, 2.75) is 0 Å². The lowest BCUT2D eigenvalue weighted by Crippen LogP contribution is -2.33. The van der Waals surface area contributed by atoms with Gasteiger partial charge in [-0.15, -0.1) is 0 Å². The summed E-state index contributed by atoms with van der Waals surface area (Å²) >= 11 is 6.17. The maximum Gasteiger partial charge on any atom is 0.339 e. The van der Waals surface area contributed by atoms with Gasteiger partial charge < -0.3 is 4.74 Å². The second-order valence-electron chi connectivity index (χ2n) is 9.22. The summed E-state index contributed by atoms with van der Waals surface area (Å²) in [6.07, 6.45) is 4.15. The molecule has 2 amide bonds. The van der Waals surface area contributed by atoms with Crippen LogP contribution < -0.4 is 4.90 Å². The second kappa shape index (κ2) is 8.61. The van der Waals surface area contributed by atoms with Gasteiger partial charge >= 0.3 is 5.97 Å². The number of imide groups is 1. The lowest BCUT2D eigenvalue weighted by Gasteiger charge is -2.22. The Labute approximate surface area is 213 Å². The van der Waals surface area contributed by atoms with Crippen molar-refractivity contribution in [3.05, 3.63) is 118 Å². The number of amides is 2. The third-order valence-electron chi connectivity index (χ3n) is 7.44. The summed E-state index contributed by atoms with van der Waals surface area (Å²) in [7, 11) is 1.26. The molecular weight excluding hydrogens is 474 g/mol. The molecule has 2 fully saturated rings. The van der Waals surface area contributed by atoms with Crippen molar-refractivity contribution in [2.75, 3.05) is 12.0 Å². The van der Waals surface area contributed by atoms with Crippen LogP contribution in [-0.4, -0.2) is 24.9 Å². The Hall–Kier alpha value is -3.96. The molecule has 6 rings (SSSR count). The Bertz CT molecular complexity index is 1390. The zero-order chi connectivity index (χ0) is 25.0. The van der Waals surface area contributed by atoms with Crippen LogP contribution in [0, 0.1) is 23.7 Å². The first kappa shape index (κ1) is 22.5. The van der Waals surface area contributed by atoms with E-state index in [1.165, 1.54) is 24.1 Å². The number of hydrogen-bond donors (Lipinski definition) is 0. The number of benzene rings is 3. The molecule has 3 aromatic rings. The first-order chi connectivity index (χ1) is 17.5. The van der Waals surface area contributed by atoms with Gasteiger partial charge in [0.05, 0.1) is 35.2 Å². The highest BCUT2D eigenvalue weighted by Gasteiger charge is 2.62. The molecule has 0 N–H and O–H groups in total. The molecule has 3 aromatic carbocycles. The van der Waals surface area contributed by atoms with E-state index in [9.17, 15) is 14.4 Å². The van der Waals surface area contributed by atoms with Crippen LogP contribution in [0.3, 0.4) is 0 Å². The summed E-state index contributed by atoms with van der Waals surface area (Å²) in [6, 6.07) is 24.8. The van der Waals surface area contributed by atoms with Crippen LogP contribution in [0.15, 0.2) is 96.6 Å². The van der Waals surface area contributed by atoms with Gasteiger partial charge in [-0.1, -0.05) is 84.4 Å². The van der Waals surface area contributed by atoms with Gasteiger partial charge in [-0.3, -0.25) is 9.59 Å². The van der Waals surface area contributed by atoms with Crippen LogP contribution in [0.1, 0.15) is 21.5 Å². The van der Waals surface area contributed by atoms with E-state index in [0.717, 1.165) is 22.3 Å². The molecule has 5 nitrogen and oxygen atoms in total. The number of hydrogen-bond acceptors (Lipinski definition) is 4. The lowest BCUT2D eigenvalue weighted by molar-refractivity contribution is -0.122. The maximum absolute atomic E-state index is 13.8. The lowest BCUT2D eigenvalue weighted by atomic mass is 9.85. The molecule has 178 valence electrons. The molecule has 1 aliphatic heterocycles. The zero-order valence-corrected chi connectivity index (χ0v) is 20.2. The number of halogens is 1. The Morgan fingerprint density at radius 2 is 1.33 bits per heavy atom. The number of esters is 1. The SMILES string of the molecule is COC(=O)c1cc(N2C(=O)[C@@H]3[C@H](C2=O)[C@H]2C=C[C@H]3C2=C(c2ccccc2)c2ccccc2)ccc1Cl. The number of allylic oxidation sites excluding steroid dienone is 3. The predicted octanol–water partition coefficient (Wildman–Crippen LogP) is 5.55. The van der Waals surface area contributed by atoms with E-state index in [1.54, 1.807) is 6.07 Å². The largest absolute Gasteiger partial charge is 0.465 e. The van der Waals surface area contributed by atoms with Crippen molar-refractivity contribution < 1.29 is 19.1 Å². The van der Waals surface area contributed by atoms with Crippen LogP contribution in [-0.2, 0) is 14.3 Å². The molecule has 2 aliphatic carbocycles. The van der Waals surface area contributed by atoms with Crippen molar-refractivity contribution in [3.63, 3.8) is 0 Å². The molecule has 0 spiro atoms. The van der Waals surface area contributed by atoms with Gasteiger partial charge in [-0.05, 0) is 40.5 Å². The summed E-state index contributed by atoms with van der Waals surface area (Å²) in [5, 5.41) is 0.201. The van der Waals surface area contributed by atoms with Gasteiger partial charge in [0, 0.05) is 11.8 Å². The van der Waals surface area contributed by atoms with E-state index in [-0.39, 0.29) is 34.2 Å². The number of nitrogens with zero attached hydrogens (tertiary/aromatic N) is 1. The average molecular weight is 496 g/mol. The van der Waals surface area contributed by atoms with Gasteiger partial charge in [0.2, 0.25) is 11.8 Å². The Kier molecular flexibility index (Phi) is 5.38. The Morgan fingerprint density at radius 1 is 0.806 bits per heavy atom. The number of carbonyl (C=O) groups excluding carboxylic acids is 3. The van der Waals surface area contributed by atoms with Crippen molar-refractivity contribution >= 4 is 40.6 Å². The number of methoxy groups -OCH3 is 1. The van der Waals surface area contributed by atoms with Crippen molar-refractivity contribution in [2.24, 2.45) is 23.7 Å². The van der Waals surface area contributed by atoms with Crippen molar-refractivity contribution in [1.29, 1.82) is 0 Å². The van der Waals surface area contributed by atoms with E-state index in [4.69, 9.17) is 16.3 Å². The van der Waals surface area contributed by atoms with E-state index in [2.05, 4.69) is 36.4 Å². The first-order valence-electron chi connectivity index (χ1n) is 11.8. The molecule has 6 heteroatoms. The molecule has 0 radical (unpaired) electrons. The molecular formula is C30H22ClNO4. The summed E-state index contributed by atoms with van der Waals surface area (Å²) in [4.78, 5) is 40.9. The minimum atomic E-state index is -0.622. The van der Waals surface area contributed by atoms with Crippen molar-refractivity contribution in [3.8, 4) is 0 Å². The van der Waals surface area contributed by atoms with E-state index < -0.39 is 17.8 Å². The molecule has 1 saturated heterocycles. The predicted molar refractivity (Wildman–Crippen MR) is 137 cm³/mol. The first-order valence-corrected chi connectivity index (χ1v) is 12.2. The Balaban J connectivity index is 1.45. The zero-order valence-electron chi connectivity index (χ0n) is 19.4. The fraction of sp³-hybridized carbons (Fsp3) is 0.167. The topological polar surface area (TPSA) is 63.7 Å². The minimum absolute atomic E-state index is 0.117. The maximum atomic E-state index is 13.8. The minimum Gasteiger partial charge on any atom is -0.465 e. The number of anilines is 1. The molecule has 0 aromatic heterocycles. The fourth-order valence-corrected chi connectivity index (χ4v) is 6.17. The smallest absolute Gasteiger partial charge is 0.339 e. The summed E-state index contributed by atoms with van der Waals surface area (Å²) in [6.45, 7) is 0. The van der Waals surface area contributed by atoms with Crippen molar-refractivity contribution in [1.82, 2.24) is 0 Å². The van der Waals surface area contributed by atoms with Gasteiger partial charge in [0.25, 0.3) is 0 Å². The highest BCUT2D eigenvalue weighted by atomic mass is 35.5. The van der Waals surface area contributed by atoms with Gasteiger partial charge in [0.1, 0.15) is 0 Å². The number of ether oxygens (including phenoxy) is 1. The summed E-state index contributed by atoms with van der Waals surface area (Å²) in [5.74, 6) is -2.45. The van der Waals surface area contributed by atoms with Crippen LogP contribution in [0.2, 0.25) is 5.02 Å².